The number of aliphatic hydroxyl groups is 1. The Balaban J connectivity index is 1.17. The summed E-state index contributed by atoms with van der Waals surface area (Å²) in [5, 5.41) is 37.8. The highest BCUT2D eigenvalue weighted by atomic mass is 16.4. The standard InChI is InChI=1S/C42H60N6O7/c1-23(2)26-9-14-42(37(55)48-29(35(52)53)18-25-20-44-22-46-25)16-15-39(4)27(33(26)42)7-8-30-38(3)12-11-32(49)41(6,31(38)10-13-40(30,39)5)36(54)47-28(34(50)51)17-24-19-43-21-45-24/h19-22,26-33,49H,1,7-18H2,2-6H3,(H,43,45)(H,44,46)(H,47,54)(H,48,55)(H,50,51)(H,52,53)/t26-,27+,28-,29-,30+,31+,32+,33+,38+,39+,40+,41-,42-/m0/s1. The van der Waals surface area contributed by atoms with E-state index in [1.54, 1.807) is 12.4 Å². The van der Waals surface area contributed by atoms with Gasteiger partial charge in [-0.2, -0.15) is 0 Å². The number of nitrogens with zero attached hydrogens (tertiary/aromatic N) is 2. The highest BCUT2D eigenvalue weighted by Gasteiger charge is 2.73. The molecule has 2 aromatic rings. The number of carbonyl (C=O) groups excluding carboxylic acids is 2. The quantitative estimate of drug-likeness (QED) is 0.153. The Morgan fingerprint density at radius 2 is 1.38 bits per heavy atom. The molecule has 5 fully saturated rings. The Morgan fingerprint density at radius 1 is 0.782 bits per heavy atom. The Labute approximate surface area is 323 Å². The van der Waals surface area contributed by atoms with Gasteiger partial charge in [-0.25, -0.2) is 19.6 Å². The number of aromatic nitrogens is 4. The third kappa shape index (κ3) is 5.96. The normalized spacial score (nSPS) is 40.3. The van der Waals surface area contributed by atoms with Crippen LogP contribution in [-0.4, -0.2) is 77.2 Å². The van der Waals surface area contributed by atoms with Gasteiger partial charge in [0.1, 0.15) is 12.1 Å². The van der Waals surface area contributed by atoms with Crippen LogP contribution in [0, 0.1) is 56.7 Å². The number of H-pyrrole nitrogens is 2. The van der Waals surface area contributed by atoms with E-state index < -0.39 is 46.9 Å². The summed E-state index contributed by atoms with van der Waals surface area (Å²) in [5.74, 6) is -2.29. The average molecular weight is 761 g/mol. The Morgan fingerprint density at radius 3 is 1.93 bits per heavy atom. The van der Waals surface area contributed by atoms with Gasteiger partial charge in [-0.3, -0.25) is 9.59 Å². The zero-order valence-electron chi connectivity index (χ0n) is 33.0. The van der Waals surface area contributed by atoms with Crippen molar-refractivity contribution in [2.75, 3.05) is 0 Å². The number of hydrogen-bond donors (Lipinski definition) is 7. The van der Waals surface area contributed by atoms with Crippen LogP contribution in [0.1, 0.15) is 110 Å². The number of rotatable bonds is 11. The SMILES string of the molecule is C=C(C)[C@@H]1CC[C@]2(C(=O)N[C@@H](Cc3cnc[nH]3)C(=O)O)CC[C@]3(C)[C@H](CC[C@@H]4[C@@]5(C)CC[C@@H](O)[C@@](C)(C(=O)N[C@@H](Cc6cnc[nH]6)C(=O)O)[C@@H]5CC[C@]43C)[C@@H]12. The van der Waals surface area contributed by atoms with Crippen molar-refractivity contribution in [2.45, 2.75) is 130 Å². The zero-order chi connectivity index (χ0) is 39.7. The number of nitrogens with one attached hydrogen (secondary N) is 4. The van der Waals surface area contributed by atoms with Crippen LogP contribution < -0.4 is 10.6 Å². The maximum absolute atomic E-state index is 14.6. The number of carboxylic acids is 2. The van der Waals surface area contributed by atoms with Crippen molar-refractivity contribution in [1.29, 1.82) is 0 Å². The van der Waals surface area contributed by atoms with Gasteiger partial charge in [0, 0.05) is 36.6 Å². The number of aromatic amines is 2. The second-order valence-electron chi connectivity index (χ2n) is 19.0. The summed E-state index contributed by atoms with van der Waals surface area (Å²) < 4.78 is 0. The number of carbonyl (C=O) groups is 4. The molecule has 13 atom stereocenters. The second-order valence-corrected chi connectivity index (χ2v) is 19.0. The van der Waals surface area contributed by atoms with Gasteiger partial charge in [0.05, 0.1) is 29.6 Å². The molecule has 13 nitrogen and oxygen atoms in total. The molecule has 0 saturated heterocycles. The molecule has 0 bridgehead atoms. The number of aliphatic hydroxyl groups excluding tert-OH is 1. The number of carboxylic acid groups (broad SMARTS) is 2. The Bertz CT molecular complexity index is 1810. The molecule has 5 aliphatic carbocycles. The van der Waals surface area contributed by atoms with Crippen molar-refractivity contribution in [3.63, 3.8) is 0 Å². The first kappa shape index (κ1) is 39.2. The average Bonchev–Trinajstić information content (AvgIpc) is 3.92. The first-order valence-electron chi connectivity index (χ1n) is 20.3. The second kappa shape index (κ2) is 13.9. The highest BCUT2D eigenvalue weighted by Crippen LogP contribution is 2.77. The number of amides is 2. The van der Waals surface area contributed by atoms with Crippen molar-refractivity contribution in [3.8, 4) is 0 Å². The first-order chi connectivity index (χ1) is 25.9. The lowest BCUT2D eigenvalue weighted by Gasteiger charge is -2.72. The molecule has 0 unspecified atom stereocenters. The molecule has 5 saturated carbocycles. The lowest BCUT2D eigenvalue weighted by molar-refractivity contribution is -0.246. The van der Waals surface area contributed by atoms with Crippen LogP contribution in [0.15, 0.2) is 37.2 Å². The number of fused-ring (bicyclic) bond motifs is 7. The van der Waals surface area contributed by atoms with E-state index in [1.807, 2.05) is 6.92 Å². The smallest absolute Gasteiger partial charge is 0.326 e. The summed E-state index contributed by atoms with van der Waals surface area (Å²) in [6.07, 6.45) is 13.1. The van der Waals surface area contributed by atoms with E-state index >= 15 is 0 Å². The number of hydrogen-bond acceptors (Lipinski definition) is 7. The fourth-order valence-corrected chi connectivity index (χ4v) is 13.8. The Kier molecular flexibility index (Phi) is 9.90. The molecule has 0 aromatic carbocycles. The Hall–Kier alpha value is -4.00. The molecular weight excluding hydrogens is 700 g/mol. The highest BCUT2D eigenvalue weighted by molar-refractivity contribution is 5.89. The number of aliphatic carboxylic acids is 2. The molecule has 300 valence electrons. The molecule has 55 heavy (non-hydrogen) atoms. The van der Waals surface area contributed by atoms with Gasteiger partial charge in [0.2, 0.25) is 11.8 Å². The van der Waals surface area contributed by atoms with Crippen molar-refractivity contribution in [1.82, 2.24) is 30.6 Å². The van der Waals surface area contributed by atoms with Gasteiger partial charge in [-0.1, -0.05) is 32.9 Å². The van der Waals surface area contributed by atoms with Gasteiger partial charge >= 0.3 is 11.9 Å². The van der Waals surface area contributed by atoms with Gasteiger partial charge in [-0.05, 0) is 124 Å². The van der Waals surface area contributed by atoms with Crippen molar-refractivity contribution < 1.29 is 34.5 Å². The van der Waals surface area contributed by atoms with Gasteiger partial charge in [0.25, 0.3) is 0 Å². The molecule has 7 rings (SSSR count). The largest absolute Gasteiger partial charge is 0.480 e. The van der Waals surface area contributed by atoms with Crippen LogP contribution in [0.2, 0.25) is 0 Å². The van der Waals surface area contributed by atoms with Crippen molar-refractivity contribution in [2.24, 2.45) is 56.7 Å². The molecule has 0 spiro atoms. The van der Waals surface area contributed by atoms with Crippen molar-refractivity contribution in [3.05, 3.63) is 48.6 Å². The number of allylic oxidation sites excluding steroid dienone is 1. The molecular formula is C42H60N6O7. The van der Waals surface area contributed by atoms with E-state index in [1.165, 1.54) is 12.7 Å². The third-order valence-corrected chi connectivity index (χ3v) is 16.8. The predicted octanol–water partition coefficient (Wildman–Crippen LogP) is 5.06. The fraction of sp³-hybridized carbons (Fsp3) is 0.714. The van der Waals surface area contributed by atoms with Crippen LogP contribution >= 0.6 is 0 Å². The minimum Gasteiger partial charge on any atom is -0.480 e. The predicted molar refractivity (Wildman–Crippen MR) is 203 cm³/mol. The zero-order valence-corrected chi connectivity index (χ0v) is 33.0. The topological polar surface area (TPSA) is 210 Å². The van der Waals surface area contributed by atoms with Gasteiger partial charge in [-0.15, -0.1) is 0 Å². The molecule has 0 radical (unpaired) electrons. The van der Waals surface area contributed by atoms with Gasteiger partial charge < -0.3 is 35.9 Å². The fourth-order valence-electron chi connectivity index (χ4n) is 13.8. The summed E-state index contributed by atoms with van der Waals surface area (Å²) in [7, 11) is 0. The van der Waals surface area contributed by atoms with Gasteiger partial charge in [0.15, 0.2) is 0 Å². The van der Waals surface area contributed by atoms with E-state index in [0.29, 0.717) is 30.7 Å². The van der Waals surface area contributed by atoms with Crippen LogP contribution in [0.5, 0.6) is 0 Å². The molecule has 7 N–H and O–H groups in total. The molecule has 2 aromatic heterocycles. The minimum atomic E-state index is -1.18. The number of imidazole rings is 2. The van der Waals surface area contributed by atoms with E-state index in [4.69, 9.17) is 0 Å². The summed E-state index contributed by atoms with van der Waals surface area (Å²) in [5.41, 5.74) is -0.0833. The maximum Gasteiger partial charge on any atom is 0.326 e. The van der Waals surface area contributed by atoms with Crippen LogP contribution in [0.25, 0.3) is 0 Å². The van der Waals surface area contributed by atoms with Crippen molar-refractivity contribution >= 4 is 23.8 Å². The van der Waals surface area contributed by atoms with E-state index in [-0.39, 0.29) is 64.6 Å². The summed E-state index contributed by atoms with van der Waals surface area (Å²) in [6, 6.07) is -2.25. The lowest BCUT2D eigenvalue weighted by atomic mass is 9.32. The lowest BCUT2D eigenvalue weighted by Crippen LogP contribution is -2.69. The minimum absolute atomic E-state index is 0.0284. The summed E-state index contributed by atoms with van der Waals surface area (Å²) in [6.45, 7) is 15.6. The molecule has 13 heteroatoms. The molecule has 5 aliphatic rings. The van der Waals surface area contributed by atoms with Crippen LogP contribution in [0.3, 0.4) is 0 Å². The van der Waals surface area contributed by atoms with E-state index in [0.717, 1.165) is 50.5 Å². The monoisotopic (exact) mass is 760 g/mol. The summed E-state index contributed by atoms with van der Waals surface area (Å²) in [4.78, 5) is 67.8. The van der Waals surface area contributed by atoms with Crippen LogP contribution in [0.4, 0.5) is 0 Å². The molecule has 0 aliphatic heterocycles. The summed E-state index contributed by atoms with van der Waals surface area (Å²) >= 11 is 0. The van der Waals surface area contributed by atoms with E-state index in [9.17, 15) is 34.5 Å². The van der Waals surface area contributed by atoms with Crippen LogP contribution in [-0.2, 0) is 32.0 Å². The maximum atomic E-state index is 14.6. The third-order valence-electron chi connectivity index (χ3n) is 16.8. The first-order valence-corrected chi connectivity index (χ1v) is 20.3. The van der Waals surface area contributed by atoms with E-state index in [2.05, 4.69) is 64.8 Å². The molecule has 2 heterocycles. The molecule has 2 amide bonds.